The number of anilines is 1. The van der Waals surface area contributed by atoms with Crippen molar-refractivity contribution >= 4 is 16.7 Å². The molecule has 0 bridgehead atoms. The molecule has 0 saturated carbocycles. The SMILES string of the molecule is CNc1nc2c(C)ccc(F)c2cc1C. The van der Waals surface area contributed by atoms with E-state index in [4.69, 9.17) is 0 Å². The molecule has 0 fully saturated rings. The first-order valence-electron chi connectivity index (χ1n) is 4.87. The summed E-state index contributed by atoms with van der Waals surface area (Å²) < 4.78 is 13.5. The van der Waals surface area contributed by atoms with Crippen molar-refractivity contribution in [2.45, 2.75) is 13.8 Å². The Morgan fingerprint density at radius 2 is 1.93 bits per heavy atom. The third-order valence-electron chi connectivity index (χ3n) is 2.56. The minimum atomic E-state index is -0.214. The number of rotatable bonds is 1. The van der Waals surface area contributed by atoms with Crippen molar-refractivity contribution in [3.63, 3.8) is 0 Å². The maximum atomic E-state index is 13.5. The second-order valence-corrected chi connectivity index (χ2v) is 3.66. The Bertz CT molecular complexity index is 521. The molecule has 15 heavy (non-hydrogen) atoms. The van der Waals surface area contributed by atoms with Gasteiger partial charge < -0.3 is 5.32 Å². The van der Waals surface area contributed by atoms with Crippen molar-refractivity contribution in [3.05, 3.63) is 35.1 Å². The third-order valence-corrected chi connectivity index (χ3v) is 2.56. The van der Waals surface area contributed by atoms with E-state index in [2.05, 4.69) is 10.3 Å². The molecule has 0 aliphatic rings. The van der Waals surface area contributed by atoms with Crippen LogP contribution in [0.3, 0.4) is 0 Å². The molecule has 1 heterocycles. The average Bonchev–Trinajstić information content (AvgIpc) is 2.23. The lowest BCUT2D eigenvalue weighted by Gasteiger charge is -2.08. The second-order valence-electron chi connectivity index (χ2n) is 3.66. The van der Waals surface area contributed by atoms with Gasteiger partial charge in [-0.2, -0.15) is 0 Å². The highest BCUT2D eigenvalue weighted by Gasteiger charge is 2.07. The summed E-state index contributed by atoms with van der Waals surface area (Å²) in [5.74, 6) is 0.588. The molecule has 1 aromatic carbocycles. The van der Waals surface area contributed by atoms with Crippen LogP contribution in [0.5, 0.6) is 0 Å². The smallest absolute Gasteiger partial charge is 0.132 e. The van der Waals surface area contributed by atoms with Crippen LogP contribution in [-0.4, -0.2) is 12.0 Å². The molecule has 0 spiro atoms. The Labute approximate surface area is 88.1 Å². The van der Waals surface area contributed by atoms with Crippen LogP contribution in [0.4, 0.5) is 10.2 Å². The summed E-state index contributed by atoms with van der Waals surface area (Å²) in [4.78, 5) is 4.40. The Kier molecular flexibility index (Phi) is 2.31. The number of hydrogen-bond donors (Lipinski definition) is 1. The van der Waals surface area contributed by atoms with E-state index in [-0.39, 0.29) is 5.82 Å². The van der Waals surface area contributed by atoms with Gasteiger partial charge in [0.15, 0.2) is 0 Å². The number of fused-ring (bicyclic) bond motifs is 1. The van der Waals surface area contributed by atoms with Crippen molar-refractivity contribution in [1.29, 1.82) is 0 Å². The van der Waals surface area contributed by atoms with Gasteiger partial charge in [-0.1, -0.05) is 6.07 Å². The maximum Gasteiger partial charge on any atom is 0.132 e. The molecule has 0 saturated heterocycles. The van der Waals surface area contributed by atoms with Crippen molar-refractivity contribution in [2.24, 2.45) is 0 Å². The topological polar surface area (TPSA) is 24.9 Å². The molecule has 0 unspecified atom stereocenters. The molecule has 3 heteroatoms. The van der Waals surface area contributed by atoms with Crippen molar-refractivity contribution in [2.75, 3.05) is 12.4 Å². The summed E-state index contributed by atoms with van der Waals surface area (Å²) in [5.41, 5.74) is 2.67. The fourth-order valence-corrected chi connectivity index (χ4v) is 1.72. The molecule has 0 atom stereocenters. The van der Waals surface area contributed by atoms with Gasteiger partial charge in [-0.15, -0.1) is 0 Å². The third kappa shape index (κ3) is 1.54. The molecule has 2 rings (SSSR count). The number of nitrogens with one attached hydrogen (secondary N) is 1. The van der Waals surface area contributed by atoms with E-state index in [9.17, 15) is 4.39 Å². The van der Waals surface area contributed by atoms with Crippen LogP contribution in [0.1, 0.15) is 11.1 Å². The van der Waals surface area contributed by atoms with E-state index in [0.717, 1.165) is 22.5 Å². The number of halogens is 1. The van der Waals surface area contributed by atoms with Gasteiger partial charge in [0.25, 0.3) is 0 Å². The van der Waals surface area contributed by atoms with Crippen LogP contribution in [0, 0.1) is 19.7 Å². The predicted octanol–water partition coefficient (Wildman–Crippen LogP) is 3.03. The van der Waals surface area contributed by atoms with Gasteiger partial charge >= 0.3 is 0 Å². The Hall–Kier alpha value is -1.64. The Morgan fingerprint density at radius 3 is 2.60 bits per heavy atom. The fourth-order valence-electron chi connectivity index (χ4n) is 1.72. The second kappa shape index (κ2) is 3.50. The van der Waals surface area contributed by atoms with Gasteiger partial charge in [0.2, 0.25) is 0 Å². The number of nitrogens with zero attached hydrogens (tertiary/aromatic N) is 1. The van der Waals surface area contributed by atoms with Gasteiger partial charge in [0, 0.05) is 12.4 Å². The predicted molar refractivity (Wildman–Crippen MR) is 60.7 cm³/mol. The summed E-state index contributed by atoms with van der Waals surface area (Å²) in [6, 6.07) is 5.06. The fraction of sp³-hybridized carbons (Fsp3) is 0.250. The lowest BCUT2D eigenvalue weighted by molar-refractivity contribution is 0.639. The molecule has 1 N–H and O–H groups in total. The molecule has 78 valence electrons. The van der Waals surface area contributed by atoms with E-state index < -0.39 is 0 Å². The van der Waals surface area contributed by atoms with Gasteiger partial charge in [0.05, 0.1) is 5.52 Å². The molecular weight excluding hydrogens is 191 g/mol. The number of pyridine rings is 1. The van der Waals surface area contributed by atoms with Crippen LogP contribution < -0.4 is 5.32 Å². The summed E-state index contributed by atoms with van der Waals surface area (Å²) in [5, 5.41) is 3.59. The average molecular weight is 204 g/mol. The maximum absolute atomic E-state index is 13.5. The highest BCUT2D eigenvalue weighted by atomic mass is 19.1. The van der Waals surface area contributed by atoms with E-state index >= 15 is 0 Å². The minimum absolute atomic E-state index is 0.214. The number of benzene rings is 1. The first-order chi connectivity index (χ1) is 7.13. The van der Waals surface area contributed by atoms with Crippen molar-refractivity contribution in [1.82, 2.24) is 4.98 Å². The summed E-state index contributed by atoms with van der Waals surface area (Å²) >= 11 is 0. The van der Waals surface area contributed by atoms with Crippen LogP contribution in [0.15, 0.2) is 18.2 Å². The minimum Gasteiger partial charge on any atom is -0.373 e. The molecule has 0 aliphatic carbocycles. The highest BCUT2D eigenvalue weighted by molar-refractivity contribution is 5.85. The standard InChI is InChI=1S/C12H13FN2/c1-7-4-5-10(13)9-6-8(2)12(14-3)15-11(7)9/h4-6H,1-3H3,(H,14,15). The van der Waals surface area contributed by atoms with Crippen LogP contribution in [-0.2, 0) is 0 Å². The first kappa shape index (κ1) is 9.90. The summed E-state index contributed by atoms with van der Waals surface area (Å²) in [6.07, 6.45) is 0. The lowest BCUT2D eigenvalue weighted by Crippen LogP contribution is -1.98. The molecule has 0 aliphatic heterocycles. The molecular formula is C12H13FN2. The molecule has 0 amide bonds. The molecule has 2 aromatic rings. The lowest BCUT2D eigenvalue weighted by atomic mass is 10.1. The van der Waals surface area contributed by atoms with Crippen molar-refractivity contribution < 1.29 is 4.39 Å². The monoisotopic (exact) mass is 204 g/mol. The largest absolute Gasteiger partial charge is 0.373 e. The Morgan fingerprint density at radius 1 is 1.20 bits per heavy atom. The number of aromatic nitrogens is 1. The number of aryl methyl sites for hydroxylation is 2. The van der Waals surface area contributed by atoms with Gasteiger partial charge in [-0.05, 0) is 37.1 Å². The van der Waals surface area contributed by atoms with E-state index in [1.165, 1.54) is 6.07 Å². The molecule has 0 radical (unpaired) electrons. The van der Waals surface area contributed by atoms with E-state index in [0.29, 0.717) is 5.39 Å². The van der Waals surface area contributed by atoms with Gasteiger partial charge in [-0.3, -0.25) is 0 Å². The van der Waals surface area contributed by atoms with Gasteiger partial charge in [0.1, 0.15) is 11.6 Å². The quantitative estimate of drug-likeness (QED) is 0.772. The van der Waals surface area contributed by atoms with Crippen LogP contribution in [0.2, 0.25) is 0 Å². The highest BCUT2D eigenvalue weighted by Crippen LogP contribution is 2.24. The zero-order valence-electron chi connectivity index (χ0n) is 9.06. The normalized spacial score (nSPS) is 10.7. The van der Waals surface area contributed by atoms with Crippen molar-refractivity contribution in [3.8, 4) is 0 Å². The van der Waals surface area contributed by atoms with E-state index in [1.54, 1.807) is 6.07 Å². The summed E-state index contributed by atoms with van der Waals surface area (Å²) in [7, 11) is 1.82. The Balaban J connectivity index is 2.86. The molecule has 1 aromatic heterocycles. The van der Waals surface area contributed by atoms with Crippen LogP contribution in [0.25, 0.3) is 10.9 Å². The van der Waals surface area contributed by atoms with E-state index in [1.807, 2.05) is 27.0 Å². The molecule has 2 nitrogen and oxygen atoms in total. The van der Waals surface area contributed by atoms with Crippen LogP contribution >= 0.6 is 0 Å². The summed E-state index contributed by atoms with van der Waals surface area (Å²) in [6.45, 7) is 3.85. The van der Waals surface area contributed by atoms with Gasteiger partial charge in [-0.25, -0.2) is 9.37 Å². The number of hydrogen-bond acceptors (Lipinski definition) is 2. The zero-order valence-corrected chi connectivity index (χ0v) is 9.06. The zero-order chi connectivity index (χ0) is 11.0. The first-order valence-corrected chi connectivity index (χ1v) is 4.87.